The summed E-state index contributed by atoms with van der Waals surface area (Å²) < 4.78 is 68.5. The summed E-state index contributed by atoms with van der Waals surface area (Å²) in [5, 5.41) is 11.6. The Morgan fingerprint density at radius 1 is 0.455 bits per heavy atom. The quantitative estimate of drug-likeness (QED) is 0.0632. The maximum atomic E-state index is 14.6. The van der Waals surface area contributed by atoms with E-state index in [-0.39, 0.29) is 88.9 Å². The van der Waals surface area contributed by atoms with Gasteiger partial charge in [0.1, 0.15) is 57.9 Å². The molecule has 18 heteroatoms. The van der Waals surface area contributed by atoms with Crippen molar-refractivity contribution in [2.45, 2.75) is 51.2 Å². The van der Waals surface area contributed by atoms with Crippen LogP contribution in [0.15, 0.2) is 231 Å². The minimum Gasteiger partial charge on any atom is -0.497 e. The van der Waals surface area contributed by atoms with Crippen molar-refractivity contribution in [3.05, 3.63) is 331 Å². The molecule has 14 rings (SSSR count). The second kappa shape index (κ2) is 29.7. The number of amides is 2. The molecular formula is C83H68F2N4O12. The number of nitrogens with zero attached hydrogens (tertiary/aromatic N) is 4. The Balaban J connectivity index is 0.000000181. The van der Waals surface area contributed by atoms with Crippen LogP contribution in [0.4, 0.5) is 8.78 Å². The normalized spacial score (nSPS) is 12.3. The second-order valence-electron chi connectivity index (χ2n) is 24.3. The van der Waals surface area contributed by atoms with Crippen LogP contribution in [0.5, 0.6) is 34.5 Å². The molecule has 0 fully saturated rings. The van der Waals surface area contributed by atoms with Crippen molar-refractivity contribution in [1.29, 1.82) is 0 Å². The molecule has 0 unspecified atom stereocenters. The highest BCUT2D eigenvalue weighted by molar-refractivity contribution is 6.16. The number of carbonyl (C=O) groups is 4. The number of aromatic nitrogens is 2. The minimum absolute atomic E-state index is 0.00988. The molecule has 16 nitrogen and oxygen atoms in total. The zero-order valence-corrected chi connectivity index (χ0v) is 55.8. The van der Waals surface area contributed by atoms with Crippen molar-refractivity contribution in [3.63, 3.8) is 0 Å². The number of benzene rings is 10. The number of hydrogen-bond acceptors (Lipinski definition) is 13. The number of ether oxygens (including phenoxy) is 7. The summed E-state index contributed by atoms with van der Waals surface area (Å²) in [7, 11) is 7.56. The Hall–Kier alpha value is -12.4. The maximum Gasteiger partial charge on any atom is 0.338 e. The van der Waals surface area contributed by atoms with Gasteiger partial charge >= 0.3 is 11.9 Å². The third kappa shape index (κ3) is 14.1. The van der Waals surface area contributed by atoms with Crippen molar-refractivity contribution < 1.29 is 66.2 Å². The molecule has 2 amide bonds. The van der Waals surface area contributed by atoms with Gasteiger partial charge in [-0.2, -0.15) is 0 Å². The lowest BCUT2D eigenvalue weighted by Gasteiger charge is -2.23. The predicted octanol–water partition coefficient (Wildman–Crippen LogP) is 16.1. The summed E-state index contributed by atoms with van der Waals surface area (Å²) >= 11 is 0. The fourth-order valence-electron chi connectivity index (χ4n) is 13.2. The van der Waals surface area contributed by atoms with Gasteiger partial charge in [-0.3, -0.25) is 19.6 Å². The predicted molar refractivity (Wildman–Crippen MR) is 377 cm³/mol. The van der Waals surface area contributed by atoms with E-state index in [0.29, 0.717) is 63.3 Å². The third-order valence-corrected chi connectivity index (χ3v) is 18.1. The van der Waals surface area contributed by atoms with Crippen LogP contribution in [0.2, 0.25) is 0 Å². The van der Waals surface area contributed by atoms with Gasteiger partial charge in [0.15, 0.2) is 11.5 Å². The summed E-state index contributed by atoms with van der Waals surface area (Å²) in [6.07, 6.45) is 2.95. The summed E-state index contributed by atoms with van der Waals surface area (Å²) in [5.74, 6) is -0.339. The number of carboxylic acids is 1. The molecular weight excluding hydrogens is 1280 g/mol. The van der Waals surface area contributed by atoms with Crippen LogP contribution >= 0.6 is 0 Å². The topological polar surface area (TPSA) is 185 Å². The molecule has 0 atom stereocenters. The molecule has 0 spiro atoms. The first-order valence-electron chi connectivity index (χ1n) is 32.5. The Kier molecular flexibility index (Phi) is 19.8. The molecule has 0 bridgehead atoms. The van der Waals surface area contributed by atoms with E-state index in [1.54, 1.807) is 99.2 Å². The molecule has 0 saturated carbocycles. The number of hydrogen-bond donors (Lipinski definition) is 1. The average molecular weight is 1350 g/mol. The second-order valence-corrected chi connectivity index (χ2v) is 24.3. The average Bonchev–Trinajstić information content (AvgIpc) is 1.66. The number of carboxylic acid groups (broad SMARTS) is 1. The van der Waals surface area contributed by atoms with E-state index in [4.69, 9.17) is 43.1 Å². The van der Waals surface area contributed by atoms with E-state index in [9.17, 15) is 33.1 Å². The molecule has 10 aromatic carbocycles. The van der Waals surface area contributed by atoms with E-state index < -0.39 is 24.1 Å². The first-order chi connectivity index (χ1) is 49.2. The number of rotatable bonds is 22. The van der Waals surface area contributed by atoms with Gasteiger partial charge in [-0.1, -0.05) is 146 Å². The lowest BCUT2D eigenvalue weighted by atomic mass is 9.94. The van der Waals surface area contributed by atoms with Crippen LogP contribution in [0.3, 0.4) is 0 Å². The molecule has 2 aromatic heterocycles. The number of fused-ring (bicyclic) bond motifs is 4. The van der Waals surface area contributed by atoms with Gasteiger partial charge in [0, 0.05) is 83.7 Å². The number of aromatic carboxylic acids is 1. The molecule has 2 aliphatic rings. The molecule has 506 valence electrons. The smallest absolute Gasteiger partial charge is 0.338 e. The zero-order chi connectivity index (χ0) is 70.3. The fraction of sp³-hybridized carbons (Fsp3) is 0.157. The number of esters is 1. The summed E-state index contributed by atoms with van der Waals surface area (Å²) in [6.45, 7) is 0.491. The fourth-order valence-corrected chi connectivity index (χ4v) is 13.2. The van der Waals surface area contributed by atoms with Gasteiger partial charge in [-0.05, 0) is 118 Å². The van der Waals surface area contributed by atoms with Gasteiger partial charge in [0.25, 0.3) is 11.8 Å². The maximum absolute atomic E-state index is 14.6. The van der Waals surface area contributed by atoms with Gasteiger partial charge in [-0.25, -0.2) is 18.4 Å². The van der Waals surface area contributed by atoms with Crippen LogP contribution in [0.1, 0.15) is 120 Å². The van der Waals surface area contributed by atoms with Gasteiger partial charge in [0.05, 0.1) is 57.8 Å². The van der Waals surface area contributed by atoms with Crippen LogP contribution in [0.25, 0.3) is 21.8 Å². The first kappa shape index (κ1) is 67.1. The highest BCUT2D eigenvalue weighted by Gasteiger charge is 2.41. The van der Waals surface area contributed by atoms with Crippen molar-refractivity contribution in [3.8, 4) is 34.5 Å². The van der Waals surface area contributed by atoms with Crippen molar-refractivity contribution >= 4 is 45.6 Å². The van der Waals surface area contributed by atoms with Gasteiger partial charge in [-0.15, -0.1) is 0 Å². The molecule has 12 aromatic rings. The minimum atomic E-state index is -1.18. The number of methoxy groups -OCH3 is 5. The van der Waals surface area contributed by atoms with Crippen LogP contribution in [-0.2, 0) is 43.8 Å². The van der Waals surface area contributed by atoms with E-state index in [1.807, 2.05) is 146 Å². The molecule has 1 N–H and O–H groups in total. The molecule has 4 heterocycles. The Labute approximate surface area is 581 Å². The number of halogens is 2. The van der Waals surface area contributed by atoms with E-state index in [1.165, 1.54) is 31.4 Å². The highest BCUT2D eigenvalue weighted by Crippen LogP contribution is 2.47. The summed E-state index contributed by atoms with van der Waals surface area (Å²) in [6, 6.07) is 65.6. The van der Waals surface area contributed by atoms with E-state index in [2.05, 4.69) is 0 Å². The molecule has 0 saturated heterocycles. The van der Waals surface area contributed by atoms with Gasteiger partial charge < -0.3 is 48.1 Å². The SMILES string of the molecule is COC(=O)c1c2c(c(OC(c3ccccc3)c3ccccc3)c3ncc(Cc4ccc(F)cc4)cc13)C(=O)N(Cc1ccc(OC)cc1OC)C2.COc1ccc(CN2Cc3c(c(OC(c4ccccc4)c4ccccc4)c4ncc(Cc5ccc(F)cc5)cc4c3C(=O)O)C2=O)c(OC)c1. The number of pyridine rings is 2. The van der Waals surface area contributed by atoms with Crippen LogP contribution in [0, 0.1) is 11.6 Å². The van der Waals surface area contributed by atoms with Gasteiger partial charge in [0.2, 0.25) is 0 Å². The van der Waals surface area contributed by atoms with Crippen molar-refractivity contribution in [2.75, 3.05) is 35.5 Å². The van der Waals surface area contributed by atoms with Crippen LogP contribution < -0.4 is 28.4 Å². The van der Waals surface area contributed by atoms with Crippen molar-refractivity contribution in [2.24, 2.45) is 0 Å². The summed E-state index contributed by atoms with van der Waals surface area (Å²) in [5.41, 5.74) is 10.3. The molecule has 0 aliphatic carbocycles. The lowest BCUT2D eigenvalue weighted by Crippen LogP contribution is -2.24. The Morgan fingerprint density at radius 3 is 1.17 bits per heavy atom. The number of carbonyl (C=O) groups excluding carboxylic acids is 3. The zero-order valence-electron chi connectivity index (χ0n) is 55.8. The third-order valence-electron chi connectivity index (χ3n) is 18.1. The van der Waals surface area contributed by atoms with Crippen molar-refractivity contribution in [1.82, 2.24) is 19.8 Å². The Bertz CT molecular complexity index is 4990. The largest absolute Gasteiger partial charge is 0.497 e. The van der Waals surface area contributed by atoms with E-state index in [0.717, 1.165) is 55.6 Å². The molecule has 2 aliphatic heterocycles. The highest BCUT2D eigenvalue weighted by atomic mass is 19.1. The molecule has 0 radical (unpaired) electrons. The standard InChI is InChI=1S/C42H35FN2O6.C41H33FN2O6/c1-48-32-19-16-30(35(22-32)49-2)24-45-25-34-36(42(47)50-3)33-21-27(20-26-14-17-31(43)18-15-26)23-44-38(33)40(37(34)41(45)46)51-39(28-10-6-4-7-11-28)29-12-8-5-9-13-29;1-48-31-18-15-29(34(21-31)49-2)23-44-24-33-35(41(46)47)32-20-26(19-25-13-16-30(42)17-14-25)22-43-37(32)39(36(33)40(44)45)50-38(27-9-5-3-6-10-27)28-11-7-4-8-12-28/h4-19,21-23,39H,20,24-25H2,1-3H3;3-18,20-22,38H,19,23-24H2,1-2H3,(H,46,47). The lowest BCUT2D eigenvalue weighted by molar-refractivity contribution is 0.0598. The monoisotopic (exact) mass is 1350 g/mol. The first-order valence-corrected chi connectivity index (χ1v) is 32.5. The molecule has 101 heavy (non-hydrogen) atoms. The Morgan fingerprint density at radius 2 is 0.822 bits per heavy atom. The van der Waals surface area contributed by atoms with Crippen LogP contribution in [-0.4, -0.2) is 84.2 Å². The summed E-state index contributed by atoms with van der Waals surface area (Å²) in [4.78, 5) is 68.8. The van der Waals surface area contributed by atoms with E-state index >= 15 is 0 Å².